The predicted molar refractivity (Wildman–Crippen MR) is 78.8 cm³/mol. The second-order valence-electron chi connectivity index (χ2n) is 4.95. The van der Waals surface area contributed by atoms with Crippen molar-refractivity contribution in [3.63, 3.8) is 0 Å². The smallest absolute Gasteiger partial charge is 0.231 e. The number of nitrogens with zero attached hydrogens (tertiary/aromatic N) is 4. The molecule has 0 radical (unpaired) electrons. The van der Waals surface area contributed by atoms with Crippen LogP contribution in [0.15, 0.2) is 0 Å². The molecule has 1 unspecified atom stereocenters. The largest absolute Gasteiger partial charge is 0.354 e. The minimum absolute atomic E-state index is 0.261. The summed E-state index contributed by atoms with van der Waals surface area (Å²) in [5.41, 5.74) is 0. The molecule has 2 rings (SSSR count). The van der Waals surface area contributed by atoms with Crippen LogP contribution in [0.25, 0.3) is 0 Å². The van der Waals surface area contributed by atoms with Crippen LogP contribution >= 0.6 is 11.6 Å². The molecular formula is C13H22ClN5. The first-order valence-electron chi connectivity index (χ1n) is 7.13. The second kappa shape index (κ2) is 6.89. The summed E-state index contributed by atoms with van der Waals surface area (Å²) in [6, 6.07) is 0. The van der Waals surface area contributed by atoms with E-state index < -0.39 is 0 Å². The molecule has 1 fully saturated rings. The van der Waals surface area contributed by atoms with Gasteiger partial charge in [-0.25, -0.2) is 0 Å². The summed E-state index contributed by atoms with van der Waals surface area (Å²) in [5.74, 6) is 2.09. The fraction of sp³-hybridized carbons (Fsp3) is 0.769. The van der Waals surface area contributed by atoms with E-state index in [9.17, 15) is 0 Å². The number of halogens is 1. The van der Waals surface area contributed by atoms with Crippen LogP contribution in [0, 0.1) is 5.92 Å². The van der Waals surface area contributed by atoms with Gasteiger partial charge in [-0.05, 0) is 43.7 Å². The van der Waals surface area contributed by atoms with Gasteiger partial charge in [0.2, 0.25) is 17.2 Å². The highest BCUT2D eigenvalue weighted by Gasteiger charge is 2.18. The van der Waals surface area contributed by atoms with Crippen molar-refractivity contribution >= 4 is 23.5 Å². The molecule has 0 bridgehead atoms. The molecule has 1 aliphatic heterocycles. The predicted octanol–water partition coefficient (Wildman–Crippen LogP) is 2.97. The molecule has 1 aromatic heterocycles. The van der Waals surface area contributed by atoms with E-state index in [1.807, 2.05) is 6.92 Å². The highest BCUT2D eigenvalue weighted by atomic mass is 35.5. The van der Waals surface area contributed by atoms with Gasteiger partial charge in [0.15, 0.2) is 0 Å². The Labute approximate surface area is 119 Å². The Morgan fingerprint density at radius 1 is 1.21 bits per heavy atom. The van der Waals surface area contributed by atoms with E-state index in [1.54, 1.807) is 0 Å². The van der Waals surface area contributed by atoms with Crippen LogP contribution in [0.5, 0.6) is 0 Å². The minimum atomic E-state index is 0.261. The molecule has 1 aromatic rings. The Morgan fingerprint density at radius 3 is 2.79 bits per heavy atom. The molecule has 19 heavy (non-hydrogen) atoms. The summed E-state index contributed by atoms with van der Waals surface area (Å²) in [7, 11) is 0. The fourth-order valence-corrected chi connectivity index (χ4v) is 2.65. The van der Waals surface area contributed by atoms with Gasteiger partial charge in [0.05, 0.1) is 0 Å². The van der Waals surface area contributed by atoms with Gasteiger partial charge in [-0.3, -0.25) is 0 Å². The van der Waals surface area contributed by atoms with E-state index in [4.69, 9.17) is 11.6 Å². The maximum Gasteiger partial charge on any atom is 0.231 e. The monoisotopic (exact) mass is 283 g/mol. The van der Waals surface area contributed by atoms with Gasteiger partial charge >= 0.3 is 0 Å². The SMILES string of the molecule is CCNc1nc(Cl)nc(N2CCCC(CC)CC2)n1. The zero-order valence-corrected chi connectivity index (χ0v) is 12.4. The number of hydrogen-bond donors (Lipinski definition) is 1. The third kappa shape index (κ3) is 3.93. The highest BCUT2D eigenvalue weighted by molar-refractivity contribution is 6.28. The molecule has 1 atom stereocenters. The summed E-state index contributed by atoms with van der Waals surface area (Å²) in [6.07, 6.45) is 4.95. The molecule has 0 aliphatic carbocycles. The molecular weight excluding hydrogens is 262 g/mol. The van der Waals surface area contributed by atoms with E-state index in [0.717, 1.165) is 25.6 Å². The highest BCUT2D eigenvalue weighted by Crippen LogP contribution is 2.23. The van der Waals surface area contributed by atoms with Gasteiger partial charge in [0.25, 0.3) is 0 Å². The first-order chi connectivity index (χ1) is 9.22. The summed E-state index contributed by atoms with van der Waals surface area (Å²) in [5, 5.41) is 3.35. The van der Waals surface area contributed by atoms with E-state index in [0.29, 0.717) is 11.9 Å². The molecule has 1 aliphatic rings. The number of nitrogens with one attached hydrogen (secondary N) is 1. The van der Waals surface area contributed by atoms with Crippen LogP contribution in [-0.4, -0.2) is 34.6 Å². The van der Waals surface area contributed by atoms with Crippen molar-refractivity contribution in [3.8, 4) is 0 Å². The van der Waals surface area contributed by atoms with E-state index in [-0.39, 0.29) is 5.28 Å². The molecule has 106 valence electrons. The van der Waals surface area contributed by atoms with Crippen molar-refractivity contribution in [2.45, 2.75) is 39.5 Å². The molecule has 2 heterocycles. The van der Waals surface area contributed by atoms with Crippen molar-refractivity contribution in [2.75, 3.05) is 29.9 Å². The molecule has 5 nitrogen and oxygen atoms in total. The molecule has 0 aromatic carbocycles. The van der Waals surface area contributed by atoms with E-state index in [1.165, 1.54) is 25.7 Å². The fourth-order valence-electron chi connectivity index (χ4n) is 2.49. The lowest BCUT2D eigenvalue weighted by atomic mass is 9.98. The van der Waals surface area contributed by atoms with Crippen molar-refractivity contribution in [2.24, 2.45) is 5.92 Å². The number of hydrogen-bond acceptors (Lipinski definition) is 5. The van der Waals surface area contributed by atoms with Crippen LogP contribution in [0.2, 0.25) is 5.28 Å². The van der Waals surface area contributed by atoms with Gasteiger partial charge in [-0.15, -0.1) is 0 Å². The van der Waals surface area contributed by atoms with Gasteiger partial charge in [0.1, 0.15) is 0 Å². The third-order valence-corrected chi connectivity index (χ3v) is 3.81. The molecule has 6 heteroatoms. The zero-order valence-electron chi connectivity index (χ0n) is 11.7. The van der Waals surface area contributed by atoms with Crippen molar-refractivity contribution in [1.82, 2.24) is 15.0 Å². The Hall–Kier alpha value is -1.10. The zero-order chi connectivity index (χ0) is 13.7. The van der Waals surface area contributed by atoms with Gasteiger partial charge in [0, 0.05) is 19.6 Å². The minimum Gasteiger partial charge on any atom is -0.354 e. The Morgan fingerprint density at radius 2 is 2.05 bits per heavy atom. The van der Waals surface area contributed by atoms with Crippen molar-refractivity contribution in [3.05, 3.63) is 5.28 Å². The van der Waals surface area contributed by atoms with Crippen LogP contribution in [0.1, 0.15) is 39.5 Å². The molecule has 1 saturated heterocycles. The Bertz CT molecular complexity index is 412. The number of rotatable bonds is 4. The Balaban J connectivity index is 2.12. The third-order valence-electron chi connectivity index (χ3n) is 3.64. The van der Waals surface area contributed by atoms with Crippen LogP contribution in [0.4, 0.5) is 11.9 Å². The molecule has 0 saturated carbocycles. The summed E-state index contributed by atoms with van der Waals surface area (Å²) in [4.78, 5) is 15.0. The second-order valence-corrected chi connectivity index (χ2v) is 5.29. The summed E-state index contributed by atoms with van der Waals surface area (Å²) in [6.45, 7) is 7.06. The van der Waals surface area contributed by atoms with E-state index >= 15 is 0 Å². The van der Waals surface area contributed by atoms with Crippen molar-refractivity contribution < 1.29 is 0 Å². The lowest BCUT2D eigenvalue weighted by molar-refractivity contribution is 0.459. The standard InChI is InChI=1S/C13H22ClN5/c1-3-10-6-5-8-19(9-7-10)13-17-11(14)16-12(18-13)15-4-2/h10H,3-9H2,1-2H3,(H,15,16,17,18). The average molecular weight is 284 g/mol. The van der Waals surface area contributed by atoms with Gasteiger partial charge in [-0.1, -0.05) is 13.3 Å². The van der Waals surface area contributed by atoms with Crippen LogP contribution < -0.4 is 10.2 Å². The molecule has 0 spiro atoms. The lowest BCUT2D eigenvalue weighted by Gasteiger charge is -2.20. The average Bonchev–Trinajstić information content (AvgIpc) is 2.63. The number of anilines is 2. The maximum atomic E-state index is 5.97. The van der Waals surface area contributed by atoms with Gasteiger partial charge < -0.3 is 10.2 Å². The molecule has 1 N–H and O–H groups in total. The quantitative estimate of drug-likeness (QED) is 0.921. The van der Waals surface area contributed by atoms with Crippen LogP contribution in [-0.2, 0) is 0 Å². The van der Waals surface area contributed by atoms with E-state index in [2.05, 4.69) is 32.1 Å². The summed E-state index contributed by atoms with van der Waals surface area (Å²) < 4.78 is 0. The van der Waals surface area contributed by atoms with Crippen LogP contribution in [0.3, 0.4) is 0 Å². The Kier molecular flexibility index (Phi) is 5.19. The lowest BCUT2D eigenvalue weighted by Crippen LogP contribution is -2.27. The molecule has 0 amide bonds. The topological polar surface area (TPSA) is 53.9 Å². The number of aromatic nitrogens is 3. The normalized spacial score (nSPS) is 20.2. The maximum absolute atomic E-state index is 5.97. The summed E-state index contributed by atoms with van der Waals surface area (Å²) >= 11 is 5.97. The first-order valence-corrected chi connectivity index (χ1v) is 7.51. The van der Waals surface area contributed by atoms with Gasteiger partial charge in [-0.2, -0.15) is 15.0 Å². The first kappa shape index (κ1) is 14.3. The van der Waals surface area contributed by atoms with Crippen molar-refractivity contribution in [1.29, 1.82) is 0 Å².